The number of benzene rings is 1. The molecule has 0 bridgehead atoms. The molecule has 1 saturated heterocycles. The van der Waals surface area contributed by atoms with Crippen LogP contribution < -0.4 is 10.1 Å². The molecule has 0 radical (unpaired) electrons. The third-order valence-electron chi connectivity index (χ3n) is 3.88. The zero-order chi connectivity index (χ0) is 15.9. The summed E-state index contributed by atoms with van der Waals surface area (Å²) < 4.78 is 11.7. The van der Waals surface area contributed by atoms with Crippen LogP contribution in [0.1, 0.15) is 12.0 Å². The van der Waals surface area contributed by atoms with E-state index in [0.717, 1.165) is 47.9 Å². The molecule has 1 aromatic rings. The second kappa shape index (κ2) is 10.4. The van der Waals surface area contributed by atoms with Gasteiger partial charge in [0.15, 0.2) is 5.96 Å². The molecule has 0 spiro atoms. The molecular weight excluding hydrogens is 473 g/mol. The summed E-state index contributed by atoms with van der Waals surface area (Å²) >= 11 is 3.50. The van der Waals surface area contributed by atoms with Crippen molar-refractivity contribution in [3.05, 3.63) is 28.2 Å². The third kappa shape index (κ3) is 5.79. The van der Waals surface area contributed by atoms with Gasteiger partial charge in [0.2, 0.25) is 0 Å². The zero-order valence-electron chi connectivity index (χ0n) is 13.8. The van der Waals surface area contributed by atoms with Crippen LogP contribution in [0.3, 0.4) is 0 Å². The molecule has 1 N–H and O–H groups in total. The van der Waals surface area contributed by atoms with Gasteiger partial charge in [0, 0.05) is 49.7 Å². The van der Waals surface area contributed by atoms with Crippen molar-refractivity contribution in [2.75, 3.05) is 41.0 Å². The predicted molar refractivity (Wildman–Crippen MR) is 108 cm³/mol. The molecule has 5 nitrogen and oxygen atoms in total. The molecule has 0 amide bonds. The minimum atomic E-state index is 0. The van der Waals surface area contributed by atoms with Gasteiger partial charge in [-0.15, -0.1) is 24.0 Å². The van der Waals surface area contributed by atoms with Gasteiger partial charge in [-0.3, -0.25) is 4.99 Å². The fourth-order valence-electron chi connectivity index (χ4n) is 2.79. The number of likely N-dealkylation sites (tertiary alicyclic amines) is 1. The number of hydrogen-bond acceptors (Lipinski definition) is 3. The van der Waals surface area contributed by atoms with Gasteiger partial charge < -0.3 is 19.7 Å². The molecule has 2 rings (SSSR count). The molecule has 0 saturated carbocycles. The van der Waals surface area contributed by atoms with E-state index >= 15 is 0 Å². The summed E-state index contributed by atoms with van der Waals surface area (Å²) in [5, 5.41) is 3.43. The lowest BCUT2D eigenvalue weighted by molar-refractivity contribution is 0.157. The second-order valence-electron chi connectivity index (χ2n) is 5.41. The summed E-state index contributed by atoms with van der Waals surface area (Å²) in [5.74, 6) is 2.40. The van der Waals surface area contributed by atoms with Gasteiger partial charge in [-0.05, 0) is 24.6 Å². The highest BCUT2D eigenvalue weighted by Gasteiger charge is 2.24. The van der Waals surface area contributed by atoms with Gasteiger partial charge in [0.1, 0.15) is 5.75 Å². The van der Waals surface area contributed by atoms with E-state index in [2.05, 4.69) is 37.2 Å². The fraction of sp³-hybridized carbons (Fsp3) is 0.562. The van der Waals surface area contributed by atoms with Crippen LogP contribution in [0, 0.1) is 5.92 Å². The van der Waals surface area contributed by atoms with E-state index in [1.807, 2.05) is 19.2 Å². The van der Waals surface area contributed by atoms with Crippen LogP contribution >= 0.6 is 39.9 Å². The maximum absolute atomic E-state index is 5.41. The molecule has 1 atom stereocenters. The highest BCUT2D eigenvalue weighted by Crippen LogP contribution is 2.23. The first-order chi connectivity index (χ1) is 10.7. The topological polar surface area (TPSA) is 46.1 Å². The molecule has 23 heavy (non-hydrogen) atoms. The van der Waals surface area contributed by atoms with Crippen LogP contribution in [-0.2, 0) is 11.3 Å². The van der Waals surface area contributed by atoms with Gasteiger partial charge in [0.25, 0.3) is 0 Å². The van der Waals surface area contributed by atoms with Gasteiger partial charge in [-0.25, -0.2) is 0 Å². The highest BCUT2D eigenvalue weighted by molar-refractivity contribution is 14.0. The number of nitrogens with zero attached hydrogens (tertiary/aromatic N) is 2. The fourth-order valence-corrected chi connectivity index (χ4v) is 3.20. The van der Waals surface area contributed by atoms with Crippen molar-refractivity contribution in [1.82, 2.24) is 10.2 Å². The van der Waals surface area contributed by atoms with E-state index in [0.29, 0.717) is 12.5 Å². The number of aliphatic imine (C=N–C) groups is 1. The van der Waals surface area contributed by atoms with Crippen molar-refractivity contribution < 1.29 is 9.47 Å². The molecule has 0 aromatic heterocycles. The smallest absolute Gasteiger partial charge is 0.193 e. The van der Waals surface area contributed by atoms with E-state index in [9.17, 15) is 0 Å². The van der Waals surface area contributed by atoms with E-state index in [1.54, 1.807) is 14.2 Å². The quantitative estimate of drug-likeness (QED) is 0.385. The van der Waals surface area contributed by atoms with Crippen LogP contribution in [0.5, 0.6) is 5.75 Å². The SMILES string of the molecule is CN=C(NCc1cc(Br)ccc1OC)N1CCC(COC)C1.I. The molecule has 7 heteroatoms. The number of hydrogen-bond donors (Lipinski definition) is 1. The zero-order valence-corrected chi connectivity index (χ0v) is 17.8. The molecule has 1 heterocycles. The number of nitrogens with one attached hydrogen (secondary N) is 1. The number of rotatable bonds is 5. The van der Waals surface area contributed by atoms with Crippen LogP contribution in [0.15, 0.2) is 27.7 Å². The molecular formula is C16H25BrIN3O2. The lowest BCUT2D eigenvalue weighted by Crippen LogP contribution is -2.39. The predicted octanol–water partition coefficient (Wildman–Crippen LogP) is 3.12. The van der Waals surface area contributed by atoms with E-state index in [4.69, 9.17) is 9.47 Å². The Morgan fingerprint density at radius 3 is 2.87 bits per heavy atom. The molecule has 1 fully saturated rings. The normalized spacial score (nSPS) is 17.8. The van der Waals surface area contributed by atoms with Gasteiger partial charge >= 0.3 is 0 Å². The number of ether oxygens (including phenoxy) is 2. The summed E-state index contributed by atoms with van der Waals surface area (Å²) in [5.41, 5.74) is 1.10. The molecule has 0 aliphatic carbocycles. The minimum absolute atomic E-state index is 0. The molecule has 130 valence electrons. The molecule has 1 aliphatic heterocycles. The third-order valence-corrected chi connectivity index (χ3v) is 4.37. The first-order valence-electron chi connectivity index (χ1n) is 7.45. The summed E-state index contributed by atoms with van der Waals surface area (Å²) in [4.78, 5) is 6.68. The van der Waals surface area contributed by atoms with Crippen molar-refractivity contribution in [1.29, 1.82) is 0 Å². The van der Waals surface area contributed by atoms with E-state index in [-0.39, 0.29) is 24.0 Å². The number of halogens is 2. The number of guanidine groups is 1. The molecule has 1 aliphatic rings. The first kappa shape index (κ1) is 20.5. The summed E-state index contributed by atoms with van der Waals surface area (Å²) in [6.07, 6.45) is 1.15. The maximum atomic E-state index is 5.41. The van der Waals surface area contributed by atoms with Gasteiger partial charge in [-0.1, -0.05) is 15.9 Å². The van der Waals surface area contributed by atoms with E-state index < -0.39 is 0 Å². The highest BCUT2D eigenvalue weighted by atomic mass is 127. The van der Waals surface area contributed by atoms with Crippen LogP contribution in [0.2, 0.25) is 0 Å². The maximum Gasteiger partial charge on any atom is 0.193 e. The van der Waals surface area contributed by atoms with Gasteiger partial charge in [-0.2, -0.15) is 0 Å². The Labute approximate surface area is 164 Å². The average molecular weight is 498 g/mol. The van der Waals surface area contributed by atoms with E-state index in [1.165, 1.54) is 0 Å². The Kier molecular flexibility index (Phi) is 9.23. The van der Waals surface area contributed by atoms with Crippen molar-refractivity contribution >= 4 is 45.9 Å². The van der Waals surface area contributed by atoms with Crippen molar-refractivity contribution in [2.24, 2.45) is 10.9 Å². The van der Waals surface area contributed by atoms with Crippen molar-refractivity contribution in [3.8, 4) is 5.75 Å². The summed E-state index contributed by atoms with van der Waals surface area (Å²) in [6, 6.07) is 6.01. The monoisotopic (exact) mass is 497 g/mol. The minimum Gasteiger partial charge on any atom is -0.496 e. The largest absolute Gasteiger partial charge is 0.496 e. The van der Waals surface area contributed by atoms with Crippen molar-refractivity contribution in [3.63, 3.8) is 0 Å². The van der Waals surface area contributed by atoms with Gasteiger partial charge in [0.05, 0.1) is 13.7 Å². The summed E-state index contributed by atoms with van der Waals surface area (Å²) in [7, 11) is 5.27. The molecule has 1 unspecified atom stereocenters. The molecule has 1 aromatic carbocycles. The lowest BCUT2D eigenvalue weighted by Gasteiger charge is -2.22. The Bertz CT molecular complexity index is 528. The number of methoxy groups -OCH3 is 2. The van der Waals surface area contributed by atoms with Crippen LogP contribution in [-0.4, -0.2) is 51.8 Å². The standard InChI is InChI=1S/C16H24BrN3O2.HI/c1-18-16(20-7-6-12(10-20)11-21-2)19-9-13-8-14(17)4-5-15(13)22-3;/h4-5,8,12H,6-7,9-11H2,1-3H3,(H,18,19);1H. The second-order valence-corrected chi connectivity index (χ2v) is 6.33. The first-order valence-corrected chi connectivity index (χ1v) is 8.24. The Hall–Kier alpha value is -0.540. The Balaban J connectivity index is 0.00000264. The lowest BCUT2D eigenvalue weighted by atomic mass is 10.1. The van der Waals surface area contributed by atoms with Crippen LogP contribution in [0.4, 0.5) is 0 Å². The van der Waals surface area contributed by atoms with Crippen molar-refractivity contribution in [2.45, 2.75) is 13.0 Å². The summed E-state index contributed by atoms with van der Waals surface area (Å²) in [6.45, 7) is 3.50. The average Bonchev–Trinajstić information content (AvgIpc) is 2.97. The Morgan fingerprint density at radius 2 is 2.22 bits per heavy atom. The van der Waals surface area contributed by atoms with Crippen LogP contribution in [0.25, 0.3) is 0 Å². The Morgan fingerprint density at radius 1 is 1.43 bits per heavy atom.